The predicted molar refractivity (Wildman–Crippen MR) is 96.5 cm³/mol. The summed E-state index contributed by atoms with van der Waals surface area (Å²) in [5, 5.41) is 10.7. The van der Waals surface area contributed by atoms with Crippen LogP contribution in [-0.2, 0) is 18.3 Å². The molecule has 0 saturated carbocycles. The first-order valence-electron chi connectivity index (χ1n) is 8.58. The van der Waals surface area contributed by atoms with Gasteiger partial charge in [0.1, 0.15) is 0 Å². The molecule has 2 aromatic heterocycles. The van der Waals surface area contributed by atoms with Crippen molar-refractivity contribution in [3.05, 3.63) is 27.7 Å². The van der Waals surface area contributed by atoms with E-state index < -0.39 is 0 Å². The van der Waals surface area contributed by atoms with Crippen LogP contribution in [0.3, 0.4) is 0 Å². The molecule has 3 heterocycles. The summed E-state index contributed by atoms with van der Waals surface area (Å²) in [5.74, 6) is 1.81. The SMILES string of the molecule is Cc1ccc(CCCC(=O)Nc2nc(C3CCNCC3)nn2C)s1. The first-order valence-corrected chi connectivity index (χ1v) is 9.40. The number of nitrogens with zero attached hydrogens (tertiary/aromatic N) is 3. The molecule has 0 atom stereocenters. The lowest BCUT2D eigenvalue weighted by atomic mass is 9.98. The number of piperidine rings is 1. The van der Waals surface area contributed by atoms with Gasteiger partial charge in [0.25, 0.3) is 0 Å². The van der Waals surface area contributed by atoms with Crippen molar-refractivity contribution in [2.45, 2.75) is 44.9 Å². The smallest absolute Gasteiger partial charge is 0.227 e. The second-order valence-corrected chi connectivity index (χ2v) is 7.73. The van der Waals surface area contributed by atoms with E-state index in [4.69, 9.17) is 0 Å². The van der Waals surface area contributed by atoms with Crippen LogP contribution in [-0.4, -0.2) is 33.8 Å². The summed E-state index contributed by atoms with van der Waals surface area (Å²) in [7, 11) is 1.83. The summed E-state index contributed by atoms with van der Waals surface area (Å²) in [6.45, 7) is 4.12. The van der Waals surface area contributed by atoms with Gasteiger partial charge in [-0.15, -0.1) is 11.3 Å². The lowest BCUT2D eigenvalue weighted by Gasteiger charge is -2.19. The van der Waals surface area contributed by atoms with Gasteiger partial charge in [-0.1, -0.05) is 0 Å². The molecular weight excluding hydrogens is 322 g/mol. The van der Waals surface area contributed by atoms with Gasteiger partial charge in [-0.05, 0) is 57.8 Å². The van der Waals surface area contributed by atoms with Crippen LogP contribution in [0.2, 0.25) is 0 Å². The first-order chi connectivity index (χ1) is 11.6. The summed E-state index contributed by atoms with van der Waals surface area (Å²) in [6, 6.07) is 4.27. The van der Waals surface area contributed by atoms with Gasteiger partial charge in [-0.3, -0.25) is 10.1 Å². The van der Waals surface area contributed by atoms with Crippen LogP contribution in [0, 0.1) is 6.92 Å². The molecule has 1 aliphatic rings. The van der Waals surface area contributed by atoms with Crippen LogP contribution in [0.5, 0.6) is 0 Å². The molecule has 0 aromatic carbocycles. The van der Waals surface area contributed by atoms with Crippen LogP contribution in [0.15, 0.2) is 12.1 Å². The van der Waals surface area contributed by atoms with Crippen molar-refractivity contribution in [3.8, 4) is 0 Å². The minimum atomic E-state index is 0.00985. The Balaban J connectivity index is 1.49. The molecular formula is C17H25N5OS. The molecule has 1 saturated heterocycles. The van der Waals surface area contributed by atoms with E-state index in [9.17, 15) is 4.79 Å². The molecule has 2 N–H and O–H groups in total. The lowest BCUT2D eigenvalue weighted by Crippen LogP contribution is -2.27. The largest absolute Gasteiger partial charge is 0.317 e. The highest BCUT2D eigenvalue weighted by atomic mass is 32.1. The standard InChI is InChI=1S/C17H25N5OS/c1-12-6-7-14(24-12)4-3-5-15(23)19-17-20-16(21-22(17)2)13-8-10-18-11-9-13/h6-7,13,18H,3-5,8-11H2,1-2H3,(H,19,20,21,23). The molecule has 0 aliphatic carbocycles. The van der Waals surface area contributed by atoms with E-state index in [2.05, 4.69) is 39.8 Å². The maximum Gasteiger partial charge on any atom is 0.227 e. The maximum absolute atomic E-state index is 12.1. The number of carbonyl (C=O) groups is 1. The third kappa shape index (κ3) is 4.42. The van der Waals surface area contributed by atoms with Crippen LogP contribution in [0.4, 0.5) is 5.95 Å². The molecule has 1 amide bonds. The normalized spacial score (nSPS) is 15.6. The van der Waals surface area contributed by atoms with E-state index in [0.29, 0.717) is 18.3 Å². The van der Waals surface area contributed by atoms with Gasteiger partial charge in [0.2, 0.25) is 11.9 Å². The third-order valence-corrected chi connectivity index (χ3v) is 5.42. The Labute approximate surface area is 146 Å². The zero-order valence-electron chi connectivity index (χ0n) is 14.3. The number of anilines is 1. The molecule has 0 bridgehead atoms. The number of aryl methyl sites for hydroxylation is 3. The van der Waals surface area contributed by atoms with Crippen molar-refractivity contribution in [2.75, 3.05) is 18.4 Å². The molecule has 1 fully saturated rings. The van der Waals surface area contributed by atoms with E-state index in [1.54, 1.807) is 16.0 Å². The lowest BCUT2D eigenvalue weighted by molar-refractivity contribution is -0.116. The zero-order chi connectivity index (χ0) is 16.9. The van der Waals surface area contributed by atoms with Gasteiger partial charge in [-0.25, -0.2) is 4.68 Å². The van der Waals surface area contributed by atoms with Gasteiger partial charge in [-0.2, -0.15) is 10.1 Å². The molecule has 2 aromatic rings. The Morgan fingerprint density at radius 1 is 1.42 bits per heavy atom. The summed E-state index contributed by atoms with van der Waals surface area (Å²) in [5.41, 5.74) is 0. The molecule has 24 heavy (non-hydrogen) atoms. The highest BCUT2D eigenvalue weighted by Crippen LogP contribution is 2.23. The molecule has 6 nitrogen and oxygen atoms in total. The number of carbonyl (C=O) groups excluding carboxylic acids is 1. The van der Waals surface area contributed by atoms with E-state index in [-0.39, 0.29) is 5.91 Å². The molecule has 0 spiro atoms. The molecule has 1 aliphatic heterocycles. The van der Waals surface area contributed by atoms with Crippen LogP contribution < -0.4 is 10.6 Å². The highest BCUT2D eigenvalue weighted by Gasteiger charge is 2.21. The summed E-state index contributed by atoms with van der Waals surface area (Å²) in [4.78, 5) is 19.3. The maximum atomic E-state index is 12.1. The van der Waals surface area contributed by atoms with Crippen LogP contribution >= 0.6 is 11.3 Å². The number of hydrogen-bond donors (Lipinski definition) is 2. The van der Waals surface area contributed by atoms with E-state index >= 15 is 0 Å². The second-order valence-electron chi connectivity index (χ2n) is 6.36. The average molecular weight is 347 g/mol. The number of aromatic nitrogens is 3. The van der Waals surface area contributed by atoms with Crippen molar-refractivity contribution in [2.24, 2.45) is 7.05 Å². The van der Waals surface area contributed by atoms with Crippen molar-refractivity contribution < 1.29 is 4.79 Å². The fourth-order valence-electron chi connectivity index (χ4n) is 3.00. The number of thiophene rings is 1. The van der Waals surface area contributed by atoms with Crippen LogP contribution in [0.25, 0.3) is 0 Å². The van der Waals surface area contributed by atoms with Crippen molar-refractivity contribution in [3.63, 3.8) is 0 Å². The van der Waals surface area contributed by atoms with Gasteiger partial charge in [0.15, 0.2) is 5.82 Å². The van der Waals surface area contributed by atoms with Crippen molar-refractivity contribution in [1.82, 2.24) is 20.1 Å². The fraction of sp³-hybridized carbons (Fsp3) is 0.588. The molecule has 7 heteroatoms. The summed E-state index contributed by atoms with van der Waals surface area (Å²) < 4.78 is 1.68. The summed E-state index contributed by atoms with van der Waals surface area (Å²) >= 11 is 1.80. The average Bonchev–Trinajstić information content (AvgIpc) is 3.15. The van der Waals surface area contributed by atoms with Crippen molar-refractivity contribution in [1.29, 1.82) is 0 Å². The Morgan fingerprint density at radius 2 is 2.21 bits per heavy atom. The Kier molecular flexibility index (Phi) is 5.63. The minimum Gasteiger partial charge on any atom is -0.317 e. The quantitative estimate of drug-likeness (QED) is 0.842. The Hall–Kier alpha value is -1.73. The topological polar surface area (TPSA) is 71.8 Å². The van der Waals surface area contributed by atoms with Gasteiger partial charge < -0.3 is 5.32 Å². The zero-order valence-corrected chi connectivity index (χ0v) is 15.2. The number of nitrogens with one attached hydrogen (secondary N) is 2. The van der Waals surface area contributed by atoms with Gasteiger partial charge >= 0.3 is 0 Å². The predicted octanol–water partition coefficient (Wildman–Crippen LogP) is 2.61. The molecule has 0 radical (unpaired) electrons. The fourth-order valence-corrected chi connectivity index (χ4v) is 3.93. The first kappa shape index (κ1) is 17.1. The van der Waals surface area contributed by atoms with Gasteiger partial charge in [0.05, 0.1) is 0 Å². The van der Waals surface area contributed by atoms with Crippen LogP contribution in [0.1, 0.15) is 47.2 Å². The summed E-state index contributed by atoms with van der Waals surface area (Å²) in [6.07, 6.45) is 4.41. The molecule has 0 unspecified atom stereocenters. The Morgan fingerprint density at radius 3 is 2.92 bits per heavy atom. The van der Waals surface area contributed by atoms with Gasteiger partial charge in [0, 0.05) is 29.1 Å². The van der Waals surface area contributed by atoms with E-state index in [1.807, 2.05) is 7.05 Å². The highest BCUT2D eigenvalue weighted by molar-refractivity contribution is 7.11. The third-order valence-electron chi connectivity index (χ3n) is 4.36. The van der Waals surface area contributed by atoms with E-state index in [1.165, 1.54) is 9.75 Å². The number of hydrogen-bond acceptors (Lipinski definition) is 5. The molecule has 3 rings (SSSR count). The molecule has 130 valence electrons. The number of rotatable bonds is 6. The number of amides is 1. The van der Waals surface area contributed by atoms with Crippen molar-refractivity contribution >= 4 is 23.2 Å². The van der Waals surface area contributed by atoms with E-state index in [0.717, 1.165) is 44.6 Å². The second kappa shape index (κ2) is 7.90. The Bertz CT molecular complexity index is 687. The monoisotopic (exact) mass is 347 g/mol. The minimum absolute atomic E-state index is 0.00985.